The molecule has 1 atom stereocenters. The largest absolute Gasteiger partial charge is 0.317 e. The Hall–Kier alpha value is -0.340. The summed E-state index contributed by atoms with van der Waals surface area (Å²) in [6.45, 7) is 7.05. The Kier molecular flexibility index (Phi) is 3.24. The molecule has 1 N–H and O–H groups in total. The summed E-state index contributed by atoms with van der Waals surface area (Å²) in [6, 6.07) is 2.25. The first-order chi connectivity index (χ1) is 6.79. The standard InChI is InChI=1S/C12H19NS/c1-9-5-8-14-12(9)10(2)11-3-6-13-7-4-11/h5,8,10-11,13H,3-4,6-7H2,1-2H3. The van der Waals surface area contributed by atoms with Crippen LogP contribution >= 0.6 is 11.3 Å². The molecule has 1 saturated heterocycles. The summed E-state index contributed by atoms with van der Waals surface area (Å²) < 4.78 is 0. The van der Waals surface area contributed by atoms with Crippen molar-refractivity contribution in [2.75, 3.05) is 13.1 Å². The van der Waals surface area contributed by atoms with Gasteiger partial charge in [-0.25, -0.2) is 0 Å². The molecule has 14 heavy (non-hydrogen) atoms. The second-order valence-electron chi connectivity index (χ2n) is 4.34. The van der Waals surface area contributed by atoms with Crippen LogP contribution in [0.2, 0.25) is 0 Å². The molecule has 2 rings (SSSR count). The summed E-state index contributed by atoms with van der Waals surface area (Å²) in [4.78, 5) is 1.61. The quantitative estimate of drug-likeness (QED) is 0.789. The molecule has 1 aliphatic heterocycles. The lowest BCUT2D eigenvalue weighted by atomic mass is 9.84. The first kappa shape index (κ1) is 10.2. The van der Waals surface area contributed by atoms with Crippen LogP contribution in [0.3, 0.4) is 0 Å². The molecule has 0 aliphatic carbocycles. The van der Waals surface area contributed by atoms with Gasteiger partial charge in [0.15, 0.2) is 0 Å². The zero-order chi connectivity index (χ0) is 9.97. The van der Waals surface area contributed by atoms with Crippen LogP contribution < -0.4 is 5.32 Å². The van der Waals surface area contributed by atoms with Gasteiger partial charge in [-0.05, 0) is 61.7 Å². The SMILES string of the molecule is Cc1ccsc1C(C)C1CCNCC1. The highest BCUT2D eigenvalue weighted by Gasteiger charge is 2.22. The fourth-order valence-corrected chi connectivity index (χ4v) is 3.49. The molecule has 1 aromatic rings. The summed E-state index contributed by atoms with van der Waals surface area (Å²) in [5, 5.41) is 5.66. The van der Waals surface area contributed by atoms with Crippen LogP contribution in [-0.2, 0) is 0 Å². The smallest absolute Gasteiger partial charge is 0.0105 e. The molecule has 0 aromatic carbocycles. The zero-order valence-electron chi connectivity index (χ0n) is 9.05. The van der Waals surface area contributed by atoms with Gasteiger partial charge < -0.3 is 5.32 Å². The predicted octanol–water partition coefficient (Wildman–Crippen LogP) is 3.16. The molecule has 0 amide bonds. The van der Waals surface area contributed by atoms with Crippen molar-refractivity contribution in [3.8, 4) is 0 Å². The van der Waals surface area contributed by atoms with Crippen LogP contribution in [0.15, 0.2) is 11.4 Å². The number of aryl methyl sites for hydroxylation is 1. The van der Waals surface area contributed by atoms with Gasteiger partial charge in [-0.3, -0.25) is 0 Å². The lowest BCUT2D eigenvalue weighted by Gasteiger charge is -2.28. The van der Waals surface area contributed by atoms with Crippen LogP contribution in [0.5, 0.6) is 0 Å². The Morgan fingerprint density at radius 3 is 2.71 bits per heavy atom. The molecular formula is C12H19NS. The maximum atomic E-state index is 3.43. The number of nitrogens with one attached hydrogen (secondary N) is 1. The second kappa shape index (κ2) is 4.45. The Morgan fingerprint density at radius 2 is 2.14 bits per heavy atom. The molecule has 0 radical (unpaired) electrons. The normalized spacial score (nSPS) is 21.0. The molecule has 1 unspecified atom stereocenters. The summed E-state index contributed by atoms with van der Waals surface area (Å²) in [6.07, 6.45) is 2.69. The predicted molar refractivity (Wildman–Crippen MR) is 63.1 cm³/mol. The van der Waals surface area contributed by atoms with Crippen molar-refractivity contribution in [1.82, 2.24) is 5.32 Å². The Balaban J connectivity index is 2.07. The highest BCUT2D eigenvalue weighted by atomic mass is 32.1. The Morgan fingerprint density at radius 1 is 1.43 bits per heavy atom. The van der Waals surface area contributed by atoms with E-state index in [4.69, 9.17) is 0 Å². The monoisotopic (exact) mass is 209 g/mol. The average Bonchev–Trinajstić information content (AvgIpc) is 2.65. The van der Waals surface area contributed by atoms with Crippen molar-refractivity contribution in [2.24, 2.45) is 5.92 Å². The van der Waals surface area contributed by atoms with E-state index in [2.05, 4.69) is 30.6 Å². The number of piperidine rings is 1. The Labute approximate surface area is 90.5 Å². The lowest BCUT2D eigenvalue weighted by Crippen LogP contribution is -2.30. The molecule has 78 valence electrons. The minimum Gasteiger partial charge on any atom is -0.317 e. The summed E-state index contributed by atoms with van der Waals surface area (Å²) in [7, 11) is 0. The highest BCUT2D eigenvalue weighted by molar-refractivity contribution is 7.10. The molecule has 2 heteroatoms. The van der Waals surface area contributed by atoms with E-state index in [1.54, 1.807) is 4.88 Å². The minimum absolute atomic E-state index is 0.761. The minimum atomic E-state index is 0.761. The number of hydrogen-bond acceptors (Lipinski definition) is 2. The van der Waals surface area contributed by atoms with Gasteiger partial charge in [-0.15, -0.1) is 11.3 Å². The molecule has 1 fully saturated rings. The van der Waals surface area contributed by atoms with Crippen LogP contribution in [0, 0.1) is 12.8 Å². The van der Waals surface area contributed by atoms with E-state index in [9.17, 15) is 0 Å². The number of hydrogen-bond donors (Lipinski definition) is 1. The number of rotatable bonds is 2. The van der Waals surface area contributed by atoms with Crippen molar-refractivity contribution in [3.63, 3.8) is 0 Å². The topological polar surface area (TPSA) is 12.0 Å². The maximum absolute atomic E-state index is 3.43. The van der Waals surface area contributed by atoms with Gasteiger partial charge in [0.2, 0.25) is 0 Å². The van der Waals surface area contributed by atoms with Gasteiger partial charge in [-0.1, -0.05) is 6.92 Å². The molecule has 1 nitrogen and oxygen atoms in total. The van der Waals surface area contributed by atoms with Gasteiger partial charge in [0.1, 0.15) is 0 Å². The van der Waals surface area contributed by atoms with Crippen molar-refractivity contribution in [1.29, 1.82) is 0 Å². The molecular weight excluding hydrogens is 190 g/mol. The van der Waals surface area contributed by atoms with E-state index in [-0.39, 0.29) is 0 Å². The van der Waals surface area contributed by atoms with Crippen LogP contribution in [-0.4, -0.2) is 13.1 Å². The van der Waals surface area contributed by atoms with E-state index in [0.717, 1.165) is 11.8 Å². The third-order valence-corrected chi connectivity index (χ3v) is 4.63. The van der Waals surface area contributed by atoms with E-state index in [1.165, 1.54) is 31.5 Å². The average molecular weight is 209 g/mol. The molecule has 0 saturated carbocycles. The second-order valence-corrected chi connectivity index (χ2v) is 5.29. The summed E-state index contributed by atoms with van der Waals surface area (Å²) in [5.74, 6) is 1.66. The third-order valence-electron chi connectivity index (χ3n) is 3.41. The highest BCUT2D eigenvalue weighted by Crippen LogP contribution is 2.35. The fraction of sp³-hybridized carbons (Fsp3) is 0.667. The van der Waals surface area contributed by atoms with Crippen molar-refractivity contribution in [3.05, 3.63) is 21.9 Å². The molecule has 2 heterocycles. The van der Waals surface area contributed by atoms with Gasteiger partial charge in [0, 0.05) is 4.88 Å². The third kappa shape index (κ3) is 2.01. The van der Waals surface area contributed by atoms with Gasteiger partial charge in [-0.2, -0.15) is 0 Å². The van der Waals surface area contributed by atoms with Gasteiger partial charge >= 0.3 is 0 Å². The van der Waals surface area contributed by atoms with Crippen molar-refractivity contribution in [2.45, 2.75) is 32.6 Å². The molecule has 1 aromatic heterocycles. The van der Waals surface area contributed by atoms with E-state index < -0.39 is 0 Å². The Bertz CT molecular complexity index is 286. The summed E-state index contributed by atoms with van der Waals surface area (Å²) in [5.41, 5.74) is 1.49. The first-order valence-electron chi connectivity index (χ1n) is 5.53. The molecule has 1 aliphatic rings. The maximum Gasteiger partial charge on any atom is 0.0105 e. The van der Waals surface area contributed by atoms with Gasteiger partial charge in [0.25, 0.3) is 0 Å². The zero-order valence-corrected chi connectivity index (χ0v) is 9.86. The van der Waals surface area contributed by atoms with Crippen molar-refractivity contribution >= 4 is 11.3 Å². The van der Waals surface area contributed by atoms with E-state index in [0.29, 0.717) is 0 Å². The molecule has 0 bridgehead atoms. The van der Waals surface area contributed by atoms with Crippen LogP contribution in [0.25, 0.3) is 0 Å². The molecule has 0 spiro atoms. The lowest BCUT2D eigenvalue weighted by molar-refractivity contribution is 0.332. The van der Waals surface area contributed by atoms with E-state index >= 15 is 0 Å². The van der Waals surface area contributed by atoms with Gasteiger partial charge in [0.05, 0.1) is 0 Å². The first-order valence-corrected chi connectivity index (χ1v) is 6.41. The van der Waals surface area contributed by atoms with Crippen LogP contribution in [0.4, 0.5) is 0 Å². The summed E-state index contributed by atoms with van der Waals surface area (Å²) >= 11 is 1.93. The van der Waals surface area contributed by atoms with E-state index in [1.807, 2.05) is 11.3 Å². The number of thiophene rings is 1. The van der Waals surface area contributed by atoms with Crippen LogP contribution in [0.1, 0.15) is 36.1 Å². The van der Waals surface area contributed by atoms with Crippen molar-refractivity contribution < 1.29 is 0 Å². The fourth-order valence-electron chi connectivity index (χ4n) is 2.41.